The van der Waals surface area contributed by atoms with Crippen molar-refractivity contribution in [2.45, 2.75) is 11.2 Å². The van der Waals surface area contributed by atoms with Gasteiger partial charge in [-0.25, -0.2) is 10.1 Å². The summed E-state index contributed by atoms with van der Waals surface area (Å²) in [6.07, 6.45) is 0. The smallest absolute Gasteiger partial charge is 0.258 e. The standard InChI is InChI=1S/C3H3ClN4O6/c4-2-3(6(9)10,7(11)12)1-5(2)8(13)14/h2H,1H2. The molecule has 10 nitrogen and oxygen atoms in total. The Hall–Kier alpha value is -1.71. The molecule has 0 aliphatic carbocycles. The molecule has 0 N–H and O–H groups in total. The maximum atomic E-state index is 10.4. The molecule has 0 aromatic carbocycles. The normalized spacial score (nSPS) is 23.8. The Balaban J connectivity index is 2.94. The van der Waals surface area contributed by atoms with Crippen molar-refractivity contribution < 1.29 is 14.9 Å². The second-order valence-corrected chi connectivity index (χ2v) is 2.98. The van der Waals surface area contributed by atoms with Gasteiger partial charge >= 0.3 is 11.2 Å². The second-order valence-electron chi connectivity index (χ2n) is 2.56. The Kier molecular flexibility index (Phi) is 2.15. The van der Waals surface area contributed by atoms with E-state index in [0.717, 1.165) is 0 Å². The third-order valence-corrected chi connectivity index (χ3v) is 2.45. The molecule has 0 spiro atoms. The van der Waals surface area contributed by atoms with Crippen molar-refractivity contribution in [2.24, 2.45) is 0 Å². The molecule has 1 aliphatic heterocycles. The van der Waals surface area contributed by atoms with E-state index in [9.17, 15) is 30.3 Å². The topological polar surface area (TPSA) is 133 Å². The predicted octanol–water partition coefficient (Wildman–Crippen LogP) is -0.692. The summed E-state index contributed by atoms with van der Waals surface area (Å²) in [7, 11) is 0. The summed E-state index contributed by atoms with van der Waals surface area (Å²) in [5.74, 6) is 0. The van der Waals surface area contributed by atoms with E-state index in [4.69, 9.17) is 11.6 Å². The molecule has 11 heteroatoms. The number of hydrogen-bond donors (Lipinski definition) is 0. The molecule has 0 saturated carbocycles. The van der Waals surface area contributed by atoms with Crippen molar-refractivity contribution in [3.63, 3.8) is 0 Å². The SMILES string of the molecule is O=[N+]([O-])N1CC([N+](=O)[O-])([N+](=O)[O-])C1Cl. The van der Waals surface area contributed by atoms with Crippen LogP contribution in [0.3, 0.4) is 0 Å². The van der Waals surface area contributed by atoms with Crippen LogP contribution in [0.25, 0.3) is 0 Å². The number of nitrogens with zero attached hydrogens (tertiary/aromatic N) is 4. The van der Waals surface area contributed by atoms with Crippen LogP contribution in [0.5, 0.6) is 0 Å². The molecular weight excluding hydrogens is 224 g/mol. The predicted molar refractivity (Wildman–Crippen MR) is 40.1 cm³/mol. The van der Waals surface area contributed by atoms with Gasteiger partial charge in [-0.2, -0.15) is 0 Å². The molecule has 1 atom stereocenters. The zero-order valence-electron chi connectivity index (χ0n) is 6.40. The number of alkyl halides is 1. The fourth-order valence-electron chi connectivity index (χ4n) is 1.02. The fraction of sp³-hybridized carbons (Fsp3) is 1.00. The van der Waals surface area contributed by atoms with Crippen molar-refractivity contribution in [1.82, 2.24) is 5.01 Å². The first-order valence-corrected chi connectivity index (χ1v) is 3.61. The zero-order valence-corrected chi connectivity index (χ0v) is 7.16. The Morgan fingerprint density at radius 1 is 1.21 bits per heavy atom. The lowest BCUT2D eigenvalue weighted by atomic mass is 10.0. The van der Waals surface area contributed by atoms with Gasteiger partial charge in [0.25, 0.3) is 0 Å². The Labute approximate surface area is 80.5 Å². The summed E-state index contributed by atoms with van der Waals surface area (Å²) in [5, 5.41) is 30.1. The van der Waals surface area contributed by atoms with Crippen LogP contribution in [0.4, 0.5) is 0 Å². The monoisotopic (exact) mass is 226 g/mol. The highest BCUT2D eigenvalue weighted by Crippen LogP contribution is 2.35. The second kappa shape index (κ2) is 2.90. The van der Waals surface area contributed by atoms with Gasteiger partial charge in [0, 0.05) is 0 Å². The van der Waals surface area contributed by atoms with Crippen LogP contribution in [0.2, 0.25) is 0 Å². The minimum Gasteiger partial charge on any atom is -0.258 e. The summed E-state index contributed by atoms with van der Waals surface area (Å²) < 4.78 is 0. The zero-order chi connectivity index (χ0) is 11.1. The quantitative estimate of drug-likeness (QED) is 0.204. The van der Waals surface area contributed by atoms with E-state index in [1.165, 1.54) is 0 Å². The molecule has 1 saturated heterocycles. The van der Waals surface area contributed by atoms with Crippen LogP contribution < -0.4 is 0 Å². The lowest BCUT2D eigenvalue weighted by molar-refractivity contribution is -0.855. The molecule has 1 heterocycles. The van der Waals surface area contributed by atoms with Gasteiger partial charge in [0.2, 0.25) is 6.54 Å². The molecule has 1 fully saturated rings. The third-order valence-electron chi connectivity index (χ3n) is 1.88. The summed E-state index contributed by atoms with van der Waals surface area (Å²) >= 11 is 5.22. The van der Waals surface area contributed by atoms with Gasteiger partial charge in [-0.3, -0.25) is 20.2 Å². The molecular formula is C3H3ClN4O6. The summed E-state index contributed by atoms with van der Waals surface area (Å²) in [5.41, 5.74) is -4.54. The van der Waals surface area contributed by atoms with Crippen LogP contribution in [0.1, 0.15) is 0 Å². The largest absolute Gasteiger partial charge is 0.519 e. The molecule has 0 radical (unpaired) electrons. The van der Waals surface area contributed by atoms with Crippen LogP contribution in [-0.4, -0.2) is 37.6 Å². The van der Waals surface area contributed by atoms with Crippen molar-refractivity contribution in [3.8, 4) is 0 Å². The van der Waals surface area contributed by atoms with Gasteiger partial charge < -0.3 is 0 Å². The van der Waals surface area contributed by atoms with E-state index >= 15 is 0 Å². The molecule has 78 valence electrons. The van der Waals surface area contributed by atoms with Gasteiger partial charge in [0.1, 0.15) is 9.85 Å². The first-order valence-electron chi connectivity index (χ1n) is 3.18. The van der Waals surface area contributed by atoms with Crippen molar-refractivity contribution >= 4 is 11.6 Å². The number of rotatable bonds is 3. The third kappa shape index (κ3) is 1.04. The van der Waals surface area contributed by atoms with Crippen LogP contribution >= 0.6 is 11.6 Å². The lowest BCUT2D eigenvalue weighted by Crippen LogP contribution is -2.75. The number of hydrogen-bond acceptors (Lipinski definition) is 6. The number of halogens is 1. The van der Waals surface area contributed by atoms with Crippen molar-refractivity contribution in [1.29, 1.82) is 0 Å². The van der Waals surface area contributed by atoms with Crippen molar-refractivity contribution in [2.75, 3.05) is 6.54 Å². The summed E-state index contributed by atoms with van der Waals surface area (Å²) in [6.45, 7) is -0.936. The Morgan fingerprint density at radius 2 is 1.64 bits per heavy atom. The molecule has 1 aliphatic rings. The highest BCUT2D eigenvalue weighted by molar-refractivity contribution is 6.21. The molecule has 14 heavy (non-hydrogen) atoms. The molecule has 0 aromatic heterocycles. The average molecular weight is 227 g/mol. The maximum absolute atomic E-state index is 10.4. The number of nitro groups is 3. The molecule has 0 amide bonds. The number of hydrazine groups is 1. The van der Waals surface area contributed by atoms with Crippen LogP contribution in [-0.2, 0) is 0 Å². The highest BCUT2D eigenvalue weighted by Gasteiger charge is 2.79. The summed E-state index contributed by atoms with van der Waals surface area (Å²) in [6, 6.07) is 0. The van der Waals surface area contributed by atoms with E-state index in [1.807, 2.05) is 0 Å². The lowest BCUT2D eigenvalue weighted by Gasteiger charge is -2.33. The molecule has 0 aromatic rings. The van der Waals surface area contributed by atoms with Gasteiger partial charge in [0.15, 0.2) is 5.03 Å². The van der Waals surface area contributed by atoms with E-state index in [1.54, 1.807) is 0 Å². The highest BCUT2D eigenvalue weighted by atomic mass is 35.5. The van der Waals surface area contributed by atoms with Crippen LogP contribution in [0.15, 0.2) is 0 Å². The van der Waals surface area contributed by atoms with Gasteiger partial charge in [-0.1, -0.05) is 16.6 Å². The average Bonchev–Trinajstić information content (AvgIpc) is 2.00. The van der Waals surface area contributed by atoms with E-state index in [0.29, 0.717) is 0 Å². The minimum atomic E-state index is -2.67. The van der Waals surface area contributed by atoms with Gasteiger partial charge in [-0.05, 0) is 0 Å². The maximum Gasteiger partial charge on any atom is 0.519 e. The first kappa shape index (κ1) is 10.4. The van der Waals surface area contributed by atoms with Gasteiger partial charge in [-0.15, -0.1) is 0 Å². The minimum absolute atomic E-state index is 0.229. The molecule has 1 unspecified atom stereocenters. The Bertz CT molecular complexity index is 304. The Morgan fingerprint density at radius 3 is 1.86 bits per heavy atom. The molecule has 1 rings (SSSR count). The van der Waals surface area contributed by atoms with Crippen LogP contribution in [0, 0.1) is 30.3 Å². The van der Waals surface area contributed by atoms with Gasteiger partial charge in [0.05, 0.1) is 0 Å². The first-order chi connectivity index (χ1) is 6.34. The van der Waals surface area contributed by atoms with E-state index < -0.39 is 32.6 Å². The van der Waals surface area contributed by atoms with E-state index in [-0.39, 0.29) is 5.01 Å². The fourth-order valence-corrected chi connectivity index (χ4v) is 1.39. The molecule has 0 bridgehead atoms. The summed E-state index contributed by atoms with van der Waals surface area (Å²) in [4.78, 5) is 28.4. The van der Waals surface area contributed by atoms with E-state index in [2.05, 4.69) is 0 Å². The van der Waals surface area contributed by atoms with Crippen molar-refractivity contribution in [3.05, 3.63) is 30.3 Å².